The van der Waals surface area contributed by atoms with Gasteiger partial charge in [0.1, 0.15) is 0 Å². The summed E-state index contributed by atoms with van der Waals surface area (Å²) in [7, 11) is 0. The van der Waals surface area contributed by atoms with Crippen LogP contribution in [0.3, 0.4) is 0 Å². The molecule has 86 valence electrons. The average Bonchev–Trinajstić information content (AvgIpc) is 3.02. The van der Waals surface area contributed by atoms with E-state index in [4.69, 9.17) is 0 Å². The van der Waals surface area contributed by atoms with Gasteiger partial charge in [0.2, 0.25) is 0 Å². The summed E-state index contributed by atoms with van der Waals surface area (Å²) in [6.07, 6.45) is 10.4. The fraction of sp³-hybridized carbons (Fsp3) is 1.00. The lowest BCUT2D eigenvalue weighted by molar-refractivity contribution is 0.0939. The van der Waals surface area contributed by atoms with Crippen molar-refractivity contribution in [1.29, 1.82) is 0 Å². The largest absolute Gasteiger partial charge is 0.313 e. The topological polar surface area (TPSA) is 12.0 Å². The fourth-order valence-electron chi connectivity index (χ4n) is 3.31. The van der Waals surface area contributed by atoms with E-state index in [9.17, 15) is 0 Å². The Labute approximate surface area is 97.8 Å². The third-order valence-electron chi connectivity index (χ3n) is 4.76. The summed E-state index contributed by atoms with van der Waals surface area (Å²) in [6.45, 7) is 1.34. The minimum absolute atomic E-state index is 0.768. The second kappa shape index (κ2) is 4.29. The van der Waals surface area contributed by atoms with Gasteiger partial charge in [0.25, 0.3) is 0 Å². The van der Waals surface area contributed by atoms with Crippen LogP contribution in [0.5, 0.6) is 0 Å². The van der Waals surface area contributed by atoms with E-state index in [-0.39, 0.29) is 0 Å². The lowest BCUT2D eigenvalue weighted by atomic mass is 9.65. The highest BCUT2D eigenvalue weighted by Crippen LogP contribution is 2.56. The lowest BCUT2D eigenvalue weighted by Gasteiger charge is -2.44. The minimum Gasteiger partial charge on any atom is -0.313 e. The van der Waals surface area contributed by atoms with Crippen molar-refractivity contribution in [2.75, 3.05) is 18.1 Å². The molecule has 2 aliphatic carbocycles. The first-order valence-electron chi connectivity index (χ1n) is 6.70. The average molecular weight is 225 g/mol. The van der Waals surface area contributed by atoms with E-state index in [2.05, 4.69) is 17.1 Å². The van der Waals surface area contributed by atoms with Gasteiger partial charge in [-0.1, -0.05) is 6.42 Å². The molecule has 1 N–H and O–H groups in total. The van der Waals surface area contributed by atoms with Crippen LogP contribution in [0.1, 0.15) is 44.9 Å². The molecule has 0 aromatic heterocycles. The van der Waals surface area contributed by atoms with E-state index in [0.717, 1.165) is 17.4 Å². The molecule has 1 nitrogen and oxygen atoms in total. The van der Waals surface area contributed by atoms with Gasteiger partial charge in [-0.3, -0.25) is 0 Å². The standard InChI is InChI=1S/C13H23NS/c1-6-13(7-1,11-2-3-11)10-14-12-4-8-15-9-5-12/h11-12,14H,1-10H2. The van der Waals surface area contributed by atoms with Gasteiger partial charge in [0, 0.05) is 12.6 Å². The molecule has 1 heterocycles. The summed E-state index contributed by atoms with van der Waals surface area (Å²) in [5.74, 6) is 3.87. The van der Waals surface area contributed by atoms with Crippen LogP contribution >= 0.6 is 11.8 Å². The predicted molar refractivity (Wildman–Crippen MR) is 67.4 cm³/mol. The van der Waals surface area contributed by atoms with Crippen LogP contribution in [0.15, 0.2) is 0 Å². The second-order valence-electron chi connectivity index (χ2n) is 5.76. The number of hydrogen-bond acceptors (Lipinski definition) is 2. The van der Waals surface area contributed by atoms with Crippen LogP contribution in [-0.4, -0.2) is 24.1 Å². The first-order valence-corrected chi connectivity index (χ1v) is 7.86. The third kappa shape index (κ3) is 2.21. The number of nitrogens with one attached hydrogen (secondary N) is 1. The maximum absolute atomic E-state index is 3.87. The van der Waals surface area contributed by atoms with Gasteiger partial charge in [0.05, 0.1) is 0 Å². The summed E-state index contributed by atoms with van der Waals surface area (Å²) in [5.41, 5.74) is 0.768. The van der Waals surface area contributed by atoms with Crippen molar-refractivity contribution >= 4 is 11.8 Å². The molecule has 3 fully saturated rings. The first kappa shape index (κ1) is 10.5. The zero-order chi connectivity index (χ0) is 10.1. The van der Waals surface area contributed by atoms with Crippen molar-refractivity contribution in [2.24, 2.45) is 11.3 Å². The van der Waals surface area contributed by atoms with Crippen molar-refractivity contribution < 1.29 is 0 Å². The Kier molecular flexibility index (Phi) is 2.99. The van der Waals surface area contributed by atoms with E-state index in [1.54, 1.807) is 0 Å². The van der Waals surface area contributed by atoms with Gasteiger partial charge >= 0.3 is 0 Å². The molecule has 15 heavy (non-hydrogen) atoms. The molecule has 3 aliphatic rings. The molecule has 0 unspecified atom stereocenters. The van der Waals surface area contributed by atoms with Crippen LogP contribution in [0, 0.1) is 11.3 Å². The molecule has 3 rings (SSSR count). The van der Waals surface area contributed by atoms with Gasteiger partial charge in [-0.05, 0) is 61.4 Å². The van der Waals surface area contributed by atoms with Crippen molar-refractivity contribution in [2.45, 2.75) is 51.0 Å². The maximum atomic E-state index is 3.87. The van der Waals surface area contributed by atoms with Crippen molar-refractivity contribution in [3.63, 3.8) is 0 Å². The molecular weight excluding hydrogens is 202 g/mol. The Morgan fingerprint density at radius 3 is 2.33 bits per heavy atom. The SMILES string of the molecule is C1CC(CNC2CCSCC2)(C2CC2)C1. The Balaban J connectivity index is 1.47. The number of thioether (sulfide) groups is 1. The minimum atomic E-state index is 0.768. The number of rotatable bonds is 4. The normalized spacial score (nSPS) is 31.2. The fourth-order valence-corrected chi connectivity index (χ4v) is 4.41. The van der Waals surface area contributed by atoms with Gasteiger partial charge < -0.3 is 5.32 Å². The summed E-state index contributed by atoms with van der Waals surface area (Å²) >= 11 is 2.13. The van der Waals surface area contributed by atoms with Crippen molar-refractivity contribution in [3.8, 4) is 0 Å². The van der Waals surface area contributed by atoms with Gasteiger partial charge in [-0.2, -0.15) is 11.8 Å². The zero-order valence-corrected chi connectivity index (χ0v) is 10.5. The third-order valence-corrected chi connectivity index (χ3v) is 5.81. The Morgan fingerprint density at radius 1 is 1.07 bits per heavy atom. The Morgan fingerprint density at radius 2 is 1.80 bits per heavy atom. The molecule has 0 spiro atoms. The highest BCUT2D eigenvalue weighted by Gasteiger charge is 2.48. The summed E-state index contributed by atoms with van der Waals surface area (Å²) in [6, 6.07) is 0.850. The second-order valence-corrected chi connectivity index (χ2v) is 6.98. The molecule has 0 aromatic rings. The van der Waals surface area contributed by atoms with Crippen LogP contribution < -0.4 is 5.32 Å². The van der Waals surface area contributed by atoms with Crippen molar-refractivity contribution in [3.05, 3.63) is 0 Å². The van der Waals surface area contributed by atoms with E-state index < -0.39 is 0 Å². The van der Waals surface area contributed by atoms with Gasteiger partial charge in [-0.25, -0.2) is 0 Å². The van der Waals surface area contributed by atoms with Crippen LogP contribution in [0.25, 0.3) is 0 Å². The maximum Gasteiger partial charge on any atom is 0.00830 e. The number of hydrogen-bond donors (Lipinski definition) is 1. The predicted octanol–water partition coefficient (Wildman–Crippen LogP) is 3.05. The highest BCUT2D eigenvalue weighted by molar-refractivity contribution is 7.99. The van der Waals surface area contributed by atoms with Gasteiger partial charge in [-0.15, -0.1) is 0 Å². The van der Waals surface area contributed by atoms with Crippen molar-refractivity contribution in [1.82, 2.24) is 5.32 Å². The molecule has 0 atom stereocenters. The van der Waals surface area contributed by atoms with Crippen LogP contribution in [0.4, 0.5) is 0 Å². The monoisotopic (exact) mass is 225 g/mol. The lowest BCUT2D eigenvalue weighted by Crippen LogP contribution is -2.46. The van der Waals surface area contributed by atoms with E-state index >= 15 is 0 Å². The molecule has 1 aliphatic heterocycles. The Hall–Kier alpha value is 0.310. The van der Waals surface area contributed by atoms with Gasteiger partial charge in [0.15, 0.2) is 0 Å². The molecular formula is C13H23NS. The Bertz CT molecular complexity index is 215. The zero-order valence-electron chi connectivity index (χ0n) is 9.63. The van der Waals surface area contributed by atoms with Crippen LogP contribution in [-0.2, 0) is 0 Å². The summed E-state index contributed by atoms with van der Waals surface area (Å²) in [4.78, 5) is 0. The van der Waals surface area contributed by atoms with E-state index in [1.165, 1.54) is 63.0 Å². The molecule has 0 amide bonds. The highest BCUT2D eigenvalue weighted by atomic mass is 32.2. The molecule has 0 radical (unpaired) electrons. The quantitative estimate of drug-likeness (QED) is 0.789. The first-order chi connectivity index (χ1) is 7.39. The smallest absolute Gasteiger partial charge is 0.00830 e. The summed E-state index contributed by atoms with van der Waals surface area (Å²) < 4.78 is 0. The molecule has 0 bridgehead atoms. The molecule has 2 saturated carbocycles. The molecule has 1 saturated heterocycles. The summed E-state index contributed by atoms with van der Waals surface area (Å²) in [5, 5.41) is 3.87. The van der Waals surface area contributed by atoms with Crippen LogP contribution in [0.2, 0.25) is 0 Å². The van der Waals surface area contributed by atoms with E-state index in [1.807, 2.05) is 0 Å². The molecule has 0 aromatic carbocycles. The van der Waals surface area contributed by atoms with E-state index in [0.29, 0.717) is 0 Å². The molecule has 2 heteroatoms.